The van der Waals surface area contributed by atoms with Crippen molar-refractivity contribution in [2.45, 2.75) is 23.9 Å². The molecule has 1 heterocycles. The highest BCUT2D eigenvalue weighted by Crippen LogP contribution is 2.36. The van der Waals surface area contributed by atoms with Gasteiger partial charge in [0.15, 0.2) is 0 Å². The lowest BCUT2D eigenvalue weighted by Gasteiger charge is -2.41. The van der Waals surface area contributed by atoms with E-state index in [-0.39, 0.29) is 28.5 Å². The maximum atomic E-state index is 12.2. The van der Waals surface area contributed by atoms with E-state index in [2.05, 4.69) is 4.90 Å². The van der Waals surface area contributed by atoms with Crippen LogP contribution in [0, 0.1) is 11.8 Å². The second-order valence-electron chi connectivity index (χ2n) is 5.27. The Balaban J connectivity index is 1.82. The van der Waals surface area contributed by atoms with E-state index in [0.29, 0.717) is 19.6 Å². The Morgan fingerprint density at radius 3 is 2.43 bits per heavy atom. The van der Waals surface area contributed by atoms with Crippen LogP contribution < -0.4 is 0 Å². The van der Waals surface area contributed by atoms with Crippen LogP contribution in [0.3, 0.4) is 0 Å². The number of aliphatic carboxylic acids is 1. The molecule has 1 aliphatic rings. The molecule has 0 radical (unpaired) electrons. The molecule has 0 amide bonds. The van der Waals surface area contributed by atoms with Crippen LogP contribution in [0.5, 0.6) is 0 Å². The normalized spacial score (nSPS) is 18.3. The molecule has 0 aliphatic carbocycles. The molecule has 1 aliphatic heterocycles. The number of alkyl halides is 3. The molecular formula is C14H16F3NO2S. The molecule has 1 unspecified atom stereocenters. The van der Waals surface area contributed by atoms with Gasteiger partial charge in [0.05, 0.1) is 5.92 Å². The number of benzene rings is 1. The number of carboxylic acids is 1. The molecule has 0 bridgehead atoms. The van der Waals surface area contributed by atoms with E-state index in [4.69, 9.17) is 5.11 Å². The lowest BCUT2D eigenvalue weighted by Crippen LogP contribution is -2.50. The van der Waals surface area contributed by atoms with E-state index in [1.165, 1.54) is 12.1 Å². The number of thioether (sulfide) groups is 1. The SMILES string of the molecule is CC(C(=O)O)C1CN(Cc2ccc(SC(F)(F)F)cc2)C1. The summed E-state index contributed by atoms with van der Waals surface area (Å²) < 4.78 is 36.6. The summed E-state index contributed by atoms with van der Waals surface area (Å²) in [5.74, 6) is -0.984. The Kier molecular flexibility index (Phi) is 4.83. The van der Waals surface area contributed by atoms with E-state index in [1.807, 2.05) is 0 Å². The van der Waals surface area contributed by atoms with Crippen molar-refractivity contribution in [3.63, 3.8) is 0 Å². The Morgan fingerprint density at radius 2 is 1.95 bits per heavy atom. The third kappa shape index (κ3) is 4.64. The van der Waals surface area contributed by atoms with Crippen molar-refractivity contribution in [1.82, 2.24) is 4.90 Å². The lowest BCUT2D eigenvalue weighted by molar-refractivity contribution is -0.145. The van der Waals surface area contributed by atoms with Gasteiger partial charge in [-0.05, 0) is 35.4 Å². The number of hydrogen-bond acceptors (Lipinski definition) is 3. The van der Waals surface area contributed by atoms with Gasteiger partial charge < -0.3 is 5.11 Å². The Morgan fingerprint density at radius 1 is 1.38 bits per heavy atom. The molecule has 1 aromatic carbocycles. The first kappa shape index (κ1) is 16.2. The van der Waals surface area contributed by atoms with Crippen LogP contribution in [-0.4, -0.2) is 34.6 Å². The molecule has 1 aromatic rings. The fraction of sp³-hybridized carbons (Fsp3) is 0.500. The lowest BCUT2D eigenvalue weighted by atomic mass is 9.87. The van der Waals surface area contributed by atoms with Gasteiger partial charge >= 0.3 is 11.5 Å². The van der Waals surface area contributed by atoms with Crippen LogP contribution in [0.15, 0.2) is 29.2 Å². The highest BCUT2D eigenvalue weighted by Gasteiger charge is 2.34. The predicted octanol–water partition coefficient (Wildman–Crippen LogP) is 3.45. The van der Waals surface area contributed by atoms with Crippen molar-refractivity contribution in [3.8, 4) is 0 Å². The summed E-state index contributed by atoms with van der Waals surface area (Å²) in [5.41, 5.74) is -3.33. The number of hydrogen-bond donors (Lipinski definition) is 1. The van der Waals surface area contributed by atoms with Crippen molar-refractivity contribution < 1.29 is 23.1 Å². The van der Waals surface area contributed by atoms with Crippen molar-refractivity contribution in [3.05, 3.63) is 29.8 Å². The molecule has 0 aromatic heterocycles. The Hall–Kier alpha value is -1.21. The van der Waals surface area contributed by atoms with Crippen molar-refractivity contribution in [2.75, 3.05) is 13.1 Å². The zero-order valence-corrected chi connectivity index (χ0v) is 12.2. The summed E-state index contributed by atoms with van der Waals surface area (Å²) in [5, 5.41) is 8.90. The molecule has 1 saturated heterocycles. The van der Waals surface area contributed by atoms with Gasteiger partial charge in [-0.2, -0.15) is 13.2 Å². The van der Waals surface area contributed by atoms with E-state index in [0.717, 1.165) is 5.56 Å². The predicted molar refractivity (Wildman–Crippen MR) is 73.9 cm³/mol. The molecule has 3 nitrogen and oxygen atoms in total. The van der Waals surface area contributed by atoms with Crippen LogP contribution in [-0.2, 0) is 11.3 Å². The van der Waals surface area contributed by atoms with E-state index < -0.39 is 11.5 Å². The largest absolute Gasteiger partial charge is 0.481 e. The number of likely N-dealkylation sites (tertiary alicyclic amines) is 1. The number of carboxylic acid groups (broad SMARTS) is 1. The minimum Gasteiger partial charge on any atom is -0.481 e. The number of nitrogens with zero attached hydrogens (tertiary/aromatic N) is 1. The van der Waals surface area contributed by atoms with Gasteiger partial charge in [0.25, 0.3) is 0 Å². The third-order valence-corrected chi connectivity index (χ3v) is 4.38. The first-order valence-electron chi connectivity index (χ1n) is 6.54. The summed E-state index contributed by atoms with van der Waals surface area (Å²) in [6.07, 6.45) is 0. The minimum atomic E-state index is -4.26. The third-order valence-electron chi connectivity index (χ3n) is 3.65. The van der Waals surface area contributed by atoms with Crippen LogP contribution in [0.2, 0.25) is 0 Å². The zero-order chi connectivity index (χ0) is 15.6. The fourth-order valence-electron chi connectivity index (χ4n) is 2.31. The summed E-state index contributed by atoms with van der Waals surface area (Å²) in [6.45, 7) is 3.77. The average Bonchev–Trinajstić information content (AvgIpc) is 2.32. The topological polar surface area (TPSA) is 40.5 Å². The van der Waals surface area contributed by atoms with E-state index >= 15 is 0 Å². The second-order valence-corrected chi connectivity index (χ2v) is 6.41. The van der Waals surface area contributed by atoms with Gasteiger partial charge in [0.1, 0.15) is 0 Å². The maximum Gasteiger partial charge on any atom is 0.446 e. The maximum absolute atomic E-state index is 12.2. The smallest absolute Gasteiger partial charge is 0.446 e. The van der Waals surface area contributed by atoms with E-state index in [9.17, 15) is 18.0 Å². The Bertz CT molecular complexity index is 498. The summed E-state index contributed by atoms with van der Waals surface area (Å²) in [6, 6.07) is 6.29. The van der Waals surface area contributed by atoms with Crippen LogP contribution in [0.4, 0.5) is 13.2 Å². The van der Waals surface area contributed by atoms with Crippen LogP contribution in [0.1, 0.15) is 12.5 Å². The first-order chi connectivity index (χ1) is 9.74. The summed E-state index contributed by atoms with van der Waals surface area (Å²) in [7, 11) is 0. The van der Waals surface area contributed by atoms with Crippen molar-refractivity contribution in [1.29, 1.82) is 0 Å². The number of rotatable bonds is 5. The molecule has 21 heavy (non-hydrogen) atoms. The fourth-order valence-corrected chi connectivity index (χ4v) is 2.85. The molecule has 0 spiro atoms. The Labute approximate surface area is 125 Å². The van der Waals surface area contributed by atoms with Gasteiger partial charge in [-0.1, -0.05) is 19.1 Å². The first-order valence-corrected chi connectivity index (χ1v) is 7.36. The minimum absolute atomic E-state index is 0.123. The molecule has 1 fully saturated rings. The standard InChI is InChI=1S/C14H16F3NO2S/c1-9(13(19)20)11-7-18(8-11)6-10-2-4-12(5-3-10)21-14(15,16)17/h2-5,9,11H,6-8H2,1H3,(H,19,20). The van der Waals surface area contributed by atoms with Gasteiger partial charge in [0, 0.05) is 24.5 Å². The molecule has 1 atom stereocenters. The molecule has 1 N–H and O–H groups in total. The second kappa shape index (κ2) is 6.27. The molecule has 7 heteroatoms. The molecule has 116 valence electrons. The van der Waals surface area contributed by atoms with Gasteiger partial charge in [-0.25, -0.2) is 0 Å². The van der Waals surface area contributed by atoms with Gasteiger partial charge in [-0.3, -0.25) is 9.69 Å². The molecule has 0 saturated carbocycles. The van der Waals surface area contributed by atoms with Crippen LogP contribution in [0.25, 0.3) is 0 Å². The van der Waals surface area contributed by atoms with Gasteiger partial charge in [0.2, 0.25) is 0 Å². The van der Waals surface area contributed by atoms with Crippen LogP contribution >= 0.6 is 11.8 Å². The molecule has 2 rings (SSSR count). The quantitative estimate of drug-likeness (QED) is 0.844. The van der Waals surface area contributed by atoms with Crippen molar-refractivity contribution >= 4 is 17.7 Å². The molecular weight excluding hydrogens is 303 g/mol. The zero-order valence-electron chi connectivity index (χ0n) is 11.4. The monoisotopic (exact) mass is 319 g/mol. The average molecular weight is 319 g/mol. The highest BCUT2D eigenvalue weighted by atomic mass is 32.2. The summed E-state index contributed by atoms with van der Waals surface area (Å²) in [4.78, 5) is 13.1. The highest BCUT2D eigenvalue weighted by molar-refractivity contribution is 8.00. The number of carbonyl (C=O) groups is 1. The summed E-state index contributed by atoms with van der Waals surface area (Å²) >= 11 is -0.123. The van der Waals surface area contributed by atoms with E-state index in [1.54, 1.807) is 19.1 Å². The number of halogens is 3. The van der Waals surface area contributed by atoms with Gasteiger partial charge in [-0.15, -0.1) is 0 Å². The van der Waals surface area contributed by atoms with Crippen molar-refractivity contribution in [2.24, 2.45) is 11.8 Å².